The third-order valence-electron chi connectivity index (χ3n) is 12.6. The van der Waals surface area contributed by atoms with E-state index in [2.05, 4.69) is 69.4 Å². The average molecular weight is 926 g/mol. The molecule has 1 atom stereocenters. The first-order chi connectivity index (χ1) is 32.5. The van der Waals surface area contributed by atoms with Gasteiger partial charge in [0.25, 0.3) is 0 Å². The van der Waals surface area contributed by atoms with Gasteiger partial charge < -0.3 is 14.2 Å². The molecule has 0 aliphatic heterocycles. The van der Waals surface area contributed by atoms with Crippen LogP contribution in [0.4, 0.5) is 0 Å². The predicted molar refractivity (Wildman–Crippen MR) is 284 cm³/mol. The number of esters is 3. The van der Waals surface area contributed by atoms with E-state index in [0.29, 0.717) is 19.3 Å². The molecular formula is C60H108O6. The van der Waals surface area contributed by atoms with Gasteiger partial charge in [0.1, 0.15) is 13.2 Å². The number of unbranched alkanes of at least 4 members (excludes halogenated alkanes) is 33. The molecule has 0 amide bonds. The minimum atomic E-state index is -0.781. The fourth-order valence-corrected chi connectivity index (χ4v) is 8.28. The summed E-state index contributed by atoms with van der Waals surface area (Å²) < 4.78 is 16.9. The first-order valence-electron chi connectivity index (χ1n) is 28.6. The molecule has 0 saturated heterocycles. The molecule has 0 N–H and O–H groups in total. The first kappa shape index (κ1) is 63.4. The zero-order valence-electron chi connectivity index (χ0n) is 44.0. The Kier molecular flexibility index (Phi) is 52.8. The van der Waals surface area contributed by atoms with Crippen molar-refractivity contribution < 1.29 is 28.6 Å². The second kappa shape index (κ2) is 55.0. The van der Waals surface area contributed by atoms with Gasteiger partial charge in [-0.1, -0.05) is 249 Å². The molecule has 0 heterocycles. The monoisotopic (exact) mass is 925 g/mol. The van der Waals surface area contributed by atoms with E-state index in [1.807, 2.05) is 0 Å². The van der Waals surface area contributed by atoms with Crippen LogP contribution in [0, 0.1) is 0 Å². The van der Waals surface area contributed by atoms with Crippen LogP contribution in [0.25, 0.3) is 0 Å². The van der Waals surface area contributed by atoms with E-state index in [1.54, 1.807) is 0 Å². The summed E-state index contributed by atoms with van der Waals surface area (Å²) in [6, 6.07) is 0. The Labute approximate surface area is 409 Å². The largest absolute Gasteiger partial charge is 0.462 e. The van der Waals surface area contributed by atoms with Crippen LogP contribution in [0.3, 0.4) is 0 Å². The predicted octanol–water partition coefficient (Wildman–Crippen LogP) is 19.0. The van der Waals surface area contributed by atoms with E-state index in [0.717, 1.165) is 96.3 Å². The second-order valence-corrected chi connectivity index (χ2v) is 19.2. The van der Waals surface area contributed by atoms with Crippen LogP contribution >= 0.6 is 0 Å². The van der Waals surface area contributed by atoms with Crippen LogP contribution in [0.5, 0.6) is 0 Å². The van der Waals surface area contributed by atoms with Crippen molar-refractivity contribution in [2.45, 2.75) is 303 Å². The Morgan fingerprint density at radius 2 is 0.591 bits per heavy atom. The van der Waals surface area contributed by atoms with E-state index >= 15 is 0 Å². The summed E-state index contributed by atoms with van der Waals surface area (Å²) in [7, 11) is 0. The third-order valence-corrected chi connectivity index (χ3v) is 12.6. The maximum absolute atomic E-state index is 12.8. The number of hydrogen-bond acceptors (Lipinski definition) is 6. The summed E-state index contributed by atoms with van der Waals surface area (Å²) in [4.78, 5) is 38.1. The van der Waals surface area contributed by atoms with Crippen LogP contribution < -0.4 is 0 Å². The molecule has 0 bridgehead atoms. The van der Waals surface area contributed by atoms with Gasteiger partial charge in [0.15, 0.2) is 6.10 Å². The summed E-state index contributed by atoms with van der Waals surface area (Å²) in [6.07, 6.45) is 66.7. The Bertz CT molecular complexity index is 1150. The lowest BCUT2D eigenvalue weighted by Gasteiger charge is -2.18. The standard InChI is InChI=1S/C60H108O6/c1-4-7-10-13-16-19-22-25-28-29-30-31-33-35-38-41-44-47-50-53-59(62)65-56-57(55-64-58(61)52-49-46-43-40-37-34-27-24-21-18-15-12-9-6-3)66-60(63)54-51-48-45-42-39-36-32-26-23-20-17-14-11-8-5-2/h8,11,17,20,26,29-30,32,57H,4-7,9-10,12-16,18-19,21-25,27-28,31,33-56H2,1-3H3/b11-8-,20-17-,30-29-,32-26-/t57-/m1/s1. The van der Waals surface area contributed by atoms with Gasteiger partial charge >= 0.3 is 17.9 Å². The van der Waals surface area contributed by atoms with Crippen LogP contribution in [-0.2, 0) is 28.6 Å². The minimum Gasteiger partial charge on any atom is -0.462 e. The van der Waals surface area contributed by atoms with Crippen molar-refractivity contribution in [3.63, 3.8) is 0 Å². The molecule has 0 aromatic rings. The topological polar surface area (TPSA) is 78.9 Å². The highest BCUT2D eigenvalue weighted by Crippen LogP contribution is 2.16. The molecule has 0 spiro atoms. The van der Waals surface area contributed by atoms with E-state index in [1.165, 1.54) is 161 Å². The van der Waals surface area contributed by atoms with Gasteiger partial charge in [0, 0.05) is 19.3 Å². The Morgan fingerprint density at radius 3 is 0.939 bits per heavy atom. The summed E-state index contributed by atoms with van der Waals surface area (Å²) in [5.74, 6) is -0.886. The highest BCUT2D eigenvalue weighted by atomic mass is 16.6. The number of rotatable bonds is 52. The summed E-state index contributed by atoms with van der Waals surface area (Å²) in [6.45, 7) is 6.54. The molecule has 0 aliphatic rings. The van der Waals surface area contributed by atoms with Gasteiger partial charge in [0.2, 0.25) is 0 Å². The molecule has 0 aromatic heterocycles. The Morgan fingerprint density at radius 1 is 0.318 bits per heavy atom. The van der Waals surface area contributed by atoms with Crippen molar-refractivity contribution in [2.75, 3.05) is 13.2 Å². The van der Waals surface area contributed by atoms with Gasteiger partial charge in [-0.25, -0.2) is 0 Å². The molecule has 0 aliphatic carbocycles. The zero-order valence-corrected chi connectivity index (χ0v) is 44.0. The van der Waals surface area contributed by atoms with Crippen LogP contribution in [-0.4, -0.2) is 37.2 Å². The molecule has 0 fully saturated rings. The summed E-state index contributed by atoms with van der Waals surface area (Å²) in [5, 5.41) is 0. The molecule has 6 nitrogen and oxygen atoms in total. The van der Waals surface area contributed by atoms with Crippen LogP contribution in [0.2, 0.25) is 0 Å². The lowest BCUT2D eigenvalue weighted by Crippen LogP contribution is -2.30. The van der Waals surface area contributed by atoms with Crippen molar-refractivity contribution in [1.29, 1.82) is 0 Å². The number of carbonyl (C=O) groups excluding carboxylic acids is 3. The molecule has 0 aromatic carbocycles. The van der Waals surface area contributed by atoms with Gasteiger partial charge in [-0.2, -0.15) is 0 Å². The highest BCUT2D eigenvalue weighted by molar-refractivity contribution is 5.71. The normalized spacial score (nSPS) is 12.3. The first-order valence-corrected chi connectivity index (χ1v) is 28.6. The highest BCUT2D eigenvalue weighted by Gasteiger charge is 2.19. The molecule has 6 heteroatoms. The van der Waals surface area contributed by atoms with Crippen molar-refractivity contribution in [1.82, 2.24) is 0 Å². The van der Waals surface area contributed by atoms with Gasteiger partial charge in [-0.15, -0.1) is 0 Å². The molecule has 0 radical (unpaired) electrons. The molecule has 66 heavy (non-hydrogen) atoms. The van der Waals surface area contributed by atoms with Gasteiger partial charge in [-0.3, -0.25) is 14.4 Å². The van der Waals surface area contributed by atoms with Crippen molar-refractivity contribution in [3.05, 3.63) is 48.6 Å². The SMILES string of the molecule is CC/C=C\C/C=C\C/C=C\CCCCCCCC(=O)O[C@@H](COC(=O)CCCCCCCCC/C=C\CCCCCCCCCC)COC(=O)CCCCCCCCCCCCCCCC. The molecule has 0 unspecified atom stereocenters. The van der Waals surface area contributed by atoms with Gasteiger partial charge in [0.05, 0.1) is 0 Å². The summed E-state index contributed by atoms with van der Waals surface area (Å²) >= 11 is 0. The lowest BCUT2D eigenvalue weighted by atomic mass is 10.0. The Balaban J connectivity index is 4.36. The van der Waals surface area contributed by atoms with E-state index in [-0.39, 0.29) is 31.1 Å². The molecule has 0 rings (SSSR count). The lowest BCUT2D eigenvalue weighted by molar-refractivity contribution is -0.167. The Hall–Kier alpha value is -2.63. The molecule has 0 saturated carbocycles. The van der Waals surface area contributed by atoms with Crippen LogP contribution in [0.15, 0.2) is 48.6 Å². The number of hydrogen-bond donors (Lipinski definition) is 0. The quantitative estimate of drug-likeness (QED) is 0.0262. The molecule has 384 valence electrons. The van der Waals surface area contributed by atoms with E-state index in [9.17, 15) is 14.4 Å². The van der Waals surface area contributed by atoms with Crippen molar-refractivity contribution in [3.8, 4) is 0 Å². The van der Waals surface area contributed by atoms with E-state index in [4.69, 9.17) is 14.2 Å². The maximum Gasteiger partial charge on any atom is 0.306 e. The van der Waals surface area contributed by atoms with Crippen LogP contribution in [0.1, 0.15) is 297 Å². The van der Waals surface area contributed by atoms with Crippen molar-refractivity contribution >= 4 is 17.9 Å². The zero-order chi connectivity index (χ0) is 47.9. The maximum atomic E-state index is 12.8. The minimum absolute atomic E-state index is 0.0787. The second-order valence-electron chi connectivity index (χ2n) is 19.2. The number of allylic oxidation sites excluding steroid dienone is 8. The summed E-state index contributed by atoms with van der Waals surface area (Å²) in [5.41, 5.74) is 0. The third kappa shape index (κ3) is 52.3. The smallest absolute Gasteiger partial charge is 0.306 e. The average Bonchev–Trinajstić information content (AvgIpc) is 3.31. The number of carbonyl (C=O) groups is 3. The fourth-order valence-electron chi connectivity index (χ4n) is 8.28. The fraction of sp³-hybridized carbons (Fsp3) is 0.817. The van der Waals surface area contributed by atoms with Crippen molar-refractivity contribution in [2.24, 2.45) is 0 Å². The van der Waals surface area contributed by atoms with E-state index < -0.39 is 6.10 Å². The molecular weight excluding hydrogens is 817 g/mol. The number of ether oxygens (including phenoxy) is 3. The van der Waals surface area contributed by atoms with Gasteiger partial charge in [-0.05, 0) is 77.0 Å².